The van der Waals surface area contributed by atoms with E-state index in [2.05, 4.69) is 167 Å². The Morgan fingerprint density at radius 2 is 1.59 bits per heavy atom. The Labute approximate surface area is 275 Å². The van der Waals surface area contributed by atoms with E-state index in [1.165, 1.54) is 16.9 Å². The summed E-state index contributed by atoms with van der Waals surface area (Å²) in [4.78, 5) is 2.35. The molecule has 0 aromatic heterocycles. The zero-order chi connectivity index (χ0) is 29.1. The quantitative estimate of drug-likeness (QED) is 0.247. The molecular weight excluding hydrogens is 797 g/mol. The van der Waals surface area contributed by atoms with Crippen molar-refractivity contribution in [3.8, 4) is 0 Å². The van der Waals surface area contributed by atoms with E-state index in [-0.39, 0.29) is 5.41 Å². The summed E-state index contributed by atoms with van der Waals surface area (Å²) in [5.41, 5.74) is 6.49. The Hall–Kier alpha value is -1.26. The van der Waals surface area contributed by atoms with Gasteiger partial charge in [-0.1, -0.05) is 61.6 Å². The molecule has 0 saturated carbocycles. The van der Waals surface area contributed by atoms with Gasteiger partial charge in [0.15, 0.2) is 7.36 Å². The van der Waals surface area contributed by atoms with Gasteiger partial charge in [0, 0.05) is 54.8 Å². The van der Waals surface area contributed by atoms with Gasteiger partial charge >= 0.3 is 0 Å². The summed E-state index contributed by atoms with van der Waals surface area (Å²) in [5, 5.41) is 6.35. The Bertz CT molecular complexity index is 1620. The lowest BCUT2D eigenvalue weighted by Gasteiger charge is -2.43. The fourth-order valence-electron chi connectivity index (χ4n) is 6.05. The number of morpholine rings is 1. The molecule has 3 aliphatic rings. The van der Waals surface area contributed by atoms with Crippen LogP contribution in [0.1, 0.15) is 25.0 Å². The number of fused-ring (bicyclic) bond motifs is 1. The van der Waals surface area contributed by atoms with Crippen molar-refractivity contribution in [2.45, 2.75) is 26.2 Å². The number of rotatable bonds is 3. The van der Waals surface area contributed by atoms with E-state index in [0.29, 0.717) is 13.2 Å². The molecule has 0 bridgehead atoms. The molecule has 3 aromatic rings. The number of hydrazone groups is 1. The monoisotopic (exact) mass is 823 g/mol. The lowest BCUT2D eigenvalue weighted by molar-refractivity contribution is 0.0743. The van der Waals surface area contributed by atoms with Crippen LogP contribution < -0.4 is 9.68 Å². The fourth-order valence-corrected chi connectivity index (χ4v) is 12.2. The predicted molar refractivity (Wildman–Crippen MR) is 186 cm³/mol. The Morgan fingerprint density at radius 1 is 0.902 bits per heavy atom. The first-order valence-electron chi connectivity index (χ1n) is 13.3. The zero-order valence-corrected chi connectivity index (χ0v) is 30.4. The van der Waals surface area contributed by atoms with Crippen molar-refractivity contribution < 1.29 is 4.74 Å². The van der Waals surface area contributed by atoms with Gasteiger partial charge in [0.2, 0.25) is 0 Å². The number of aryl methyl sites for hydroxylation is 1. The van der Waals surface area contributed by atoms with Crippen molar-refractivity contribution in [2.24, 2.45) is 9.85 Å². The minimum atomic E-state index is -2.72. The first kappa shape index (κ1) is 29.8. The molecule has 1 saturated heterocycles. The highest BCUT2D eigenvalue weighted by molar-refractivity contribution is 9.11. The van der Waals surface area contributed by atoms with Crippen LogP contribution in [0.15, 0.2) is 93.3 Å². The topological polar surface area (TPSA) is 43.7 Å². The van der Waals surface area contributed by atoms with E-state index in [9.17, 15) is 0 Å². The van der Waals surface area contributed by atoms with Crippen molar-refractivity contribution >= 4 is 94.4 Å². The second-order valence-corrected chi connectivity index (χ2v) is 17.2. The molecule has 11 heteroatoms. The summed E-state index contributed by atoms with van der Waals surface area (Å²) in [6.07, 6.45) is 2.07. The van der Waals surface area contributed by atoms with Crippen molar-refractivity contribution in [3.05, 3.63) is 94.6 Å². The number of ether oxygens (including phenoxy) is 1. The summed E-state index contributed by atoms with van der Waals surface area (Å²) in [6, 6.07) is 19.2. The highest BCUT2D eigenvalue weighted by atomic mass is 79.9. The molecule has 0 unspecified atom stereocenters. The standard InChI is InChI=1S/C30H30Br4N5OP/c1-19-15-22(33)17-25(34)28(19)36-41(38-11-13-40-14-12-38)27(18-35-39(41)23-8-5-20(31)6-9-23)29-30(2,3)24-16-21(32)7-10-26(24)37(29)4/h5-10,15-18H,11-14H2,1-4H3/b29-27+/t41-/m1/s1. The number of halogens is 4. The number of nitrogens with zero attached hydrogens (tertiary/aromatic N) is 5. The van der Waals surface area contributed by atoms with Crippen LogP contribution in [0.2, 0.25) is 0 Å². The molecule has 0 spiro atoms. The number of anilines is 2. The van der Waals surface area contributed by atoms with E-state index in [4.69, 9.17) is 14.6 Å². The summed E-state index contributed by atoms with van der Waals surface area (Å²) < 4.78 is 20.5. The van der Waals surface area contributed by atoms with Gasteiger partial charge in [-0.25, -0.2) is 14.2 Å². The number of likely N-dealkylation sites (N-methyl/N-ethyl adjacent to an activating group) is 1. The number of benzene rings is 3. The number of hydrogen-bond donors (Lipinski definition) is 0. The highest BCUT2D eigenvalue weighted by Crippen LogP contribution is 2.71. The third-order valence-corrected chi connectivity index (χ3v) is 13.5. The summed E-state index contributed by atoms with van der Waals surface area (Å²) in [7, 11) is -0.547. The van der Waals surface area contributed by atoms with Crippen LogP contribution in [-0.2, 0) is 10.2 Å². The Kier molecular flexibility index (Phi) is 8.24. The minimum Gasteiger partial charge on any atom is -0.379 e. The van der Waals surface area contributed by atoms with Gasteiger partial charge in [0.25, 0.3) is 0 Å². The number of allylic oxidation sites excluding steroid dienone is 2. The van der Waals surface area contributed by atoms with Gasteiger partial charge < -0.3 is 9.64 Å². The predicted octanol–water partition coefficient (Wildman–Crippen LogP) is 10.2. The van der Waals surface area contributed by atoms with Crippen molar-refractivity contribution in [2.75, 3.05) is 43.0 Å². The van der Waals surface area contributed by atoms with Crippen LogP contribution in [0.25, 0.3) is 0 Å². The molecule has 214 valence electrons. The molecule has 0 N–H and O–H groups in total. The van der Waals surface area contributed by atoms with E-state index in [1.54, 1.807) is 0 Å². The first-order chi connectivity index (χ1) is 19.5. The van der Waals surface area contributed by atoms with Crippen LogP contribution >= 0.6 is 71.1 Å². The molecule has 3 aromatic carbocycles. The second-order valence-electron chi connectivity index (χ2n) is 10.9. The molecule has 41 heavy (non-hydrogen) atoms. The number of hydrogen-bond acceptors (Lipinski definition) is 4. The van der Waals surface area contributed by atoms with E-state index >= 15 is 0 Å². The zero-order valence-electron chi connectivity index (χ0n) is 23.2. The van der Waals surface area contributed by atoms with Gasteiger partial charge in [-0.3, -0.25) is 0 Å². The maximum Gasteiger partial charge on any atom is 0.180 e. The minimum absolute atomic E-state index is 0.274. The second kappa shape index (κ2) is 11.3. The fraction of sp³-hybridized carbons (Fsp3) is 0.300. The van der Waals surface area contributed by atoms with Gasteiger partial charge in [0.1, 0.15) is 0 Å². The van der Waals surface area contributed by atoms with Crippen molar-refractivity contribution in [1.29, 1.82) is 0 Å². The third-order valence-electron chi connectivity index (χ3n) is 7.94. The molecule has 6 rings (SSSR count). The van der Waals surface area contributed by atoms with Crippen LogP contribution in [0.4, 0.5) is 17.1 Å². The molecule has 0 radical (unpaired) electrons. The highest BCUT2D eigenvalue weighted by Gasteiger charge is 2.50. The van der Waals surface area contributed by atoms with E-state index in [0.717, 1.165) is 53.2 Å². The molecule has 3 heterocycles. The maximum absolute atomic E-state index is 5.88. The lowest BCUT2D eigenvalue weighted by Crippen LogP contribution is -2.38. The summed E-state index contributed by atoms with van der Waals surface area (Å²) in [6.45, 7) is 9.59. The van der Waals surface area contributed by atoms with Crippen LogP contribution in [0.5, 0.6) is 0 Å². The van der Waals surface area contributed by atoms with Crippen molar-refractivity contribution in [1.82, 2.24) is 4.67 Å². The van der Waals surface area contributed by atoms with Crippen LogP contribution in [0, 0.1) is 6.92 Å². The average molecular weight is 827 g/mol. The van der Waals surface area contributed by atoms with Gasteiger partial charge in [0.05, 0.1) is 36.1 Å². The maximum atomic E-state index is 5.88. The molecule has 1 fully saturated rings. The van der Waals surface area contributed by atoms with Crippen molar-refractivity contribution in [3.63, 3.8) is 0 Å². The lowest BCUT2D eigenvalue weighted by atomic mass is 9.84. The SMILES string of the molecule is Cc1cc(Br)cc(Br)c1N=[P@@]1(N2CCOCC2)/C(=C2/N(C)c3ccc(Br)cc3C2(C)C)C=NN1c1ccc(Br)cc1. The van der Waals surface area contributed by atoms with E-state index in [1.807, 2.05) is 0 Å². The van der Waals surface area contributed by atoms with Gasteiger partial charge in [-0.2, -0.15) is 5.10 Å². The molecule has 0 amide bonds. The van der Waals surface area contributed by atoms with Gasteiger partial charge in [-0.05, 0) is 88.6 Å². The first-order valence-corrected chi connectivity index (χ1v) is 18.2. The smallest absolute Gasteiger partial charge is 0.180 e. The molecule has 3 aliphatic heterocycles. The normalized spacial score (nSPS) is 23.8. The summed E-state index contributed by atoms with van der Waals surface area (Å²) in [5.74, 6) is 0. The molecule has 0 aliphatic carbocycles. The van der Waals surface area contributed by atoms with Crippen LogP contribution in [0.3, 0.4) is 0 Å². The average Bonchev–Trinajstić information content (AvgIpc) is 3.39. The summed E-state index contributed by atoms with van der Waals surface area (Å²) >= 11 is 14.9. The van der Waals surface area contributed by atoms with Gasteiger partial charge in [-0.15, -0.1) is 0 Å². The Balaban J connectivity index is 1.72. The largest absolute Gasteiger partial charge is 0.379 e. The Morgan fingerprint density at radius 3 is 2.27 bits per heavy atom. The molecular formula is C30H30Br4N5OP. The third kappa shape index (κ3) is 5.05. The molecule has 1 atom stereocenters. The van der Waals surface area contributed by atoms with E-state index < -0.39 is 7.36 Å². The molecule has 6 nitrogen and oxygen atoms in total. The van der Waals surface area contributed by atoms with Crippen LogP contribution in [-0.4, -0.2) is 44.2 Å².